The monoisotopic (exact) mass is 222 g/mol. The fourth-order valence-electron chi connectivity index (χ4n) is 1.42. The van der Waals surface area contributed by atoms with Crippen LogP contribution in [-0.4, -0.2) is 30.8 Å². The zero-order chi connectivity index (χ0) is 11.8. The molecule has 0 saturated carbocycles. The first-order valence-electron chi connectivity index (χ1n) is 5.91. The fourth-order valence-corrected chi connectivity index (χ4v) is 1.42. The Morgan fingerprint density at radius 2 is 1.88 bits per heavy atom. The molecule has 0 heterocycles. The van der Waals surface area contributed by atoms with Gasteiger partial charge in [-0.1, -0.05) is 24.6 Å². The Morgan fingerprint density at radius 3 is 2.50 bits per heavy atom. The normalized spacial score (nSPS) is 12.4. The van der Waals surface area contributed by atoms with E-state index in [0.717, 1.165) is 18.7 Å². The van der Waals surface area contributed by atoms with Crippen molar-refractivity contribution < 1.29 is 5.11 Å². The standard InChI is InChI=1S/C13H22N2O/c1-3-8-14-9-13(16)10-15-12-6-4-11(2)5-7-12/h4-7,13-16H,3,8-10H2,1-2H3. The number of hydrogen-bond acceptors (Lipinski definition) is 3. The van der Waals surface area contributed by atoms with E-state index in [1.54, 1.807) is 0 Å². The topological polar surface area (TPSA) is 44.3 Å². The molecule has 0 aliphatic rings. The predicted molar refractivity (Wildman–Crippen MR) is 68.8 cm³/mol. The molecule has 1 aromatic carbocycles. The van der Waals surface area contributed by atoms with E-state index in [2.05, 4.69) is 36.6 Å². The van der Waals surface area contributed by atoms with Crippen LogP contribution >= 0.6 is 0 Å². The van der Waals surface area contributed by atoms with Crippen LogP contribution in [0.4, 0.5) is 5.69 Å². The number of anilines is 1. The summed E-state index contributed by atoms with van der Waals surface area (Å²) in [6, 6.07) is 8.18. The summed E-state index contributed by atoms with van der Waals surface area (Å²) in [7, 11) is 0. The number of hydrogen-bond donors (Lipinski definition) is 3. The highest BCUT2D eigenvalue weighted by molar-refractivity contribution is 5.44. The van der Waals surface area contributed by atoms with E-state index in [1.165, 1.54) is 5.56 Å². The summed E-state index contributed by atoms with van der Waals surface area (Å²) in [5.41, 5.74) is 2.30. The van der Waals surface area contributed by atoms with Gasteiger partial charge in [-0.3, -0.25) is 0 Å². The molecular weight excluding hydrogens is 200 g/mol. The Labute approximate surface area is 97.9 Å². The second-order valence-electron chi connectivity index (χ2n) is 4.10. The molecule has 0 aliphatic carbocycles. The molecule has 1 rings (SSSR count). The van der Waals surface area contributed by atoms with E-state index >= 15 is 0 Å². The molecule has 0 bridgehead atoms. The quantitative estimate of drug-likeness (QED) is 0.616. The minimum absolute atomic E-state index is 0.340. The van der Waals surface area contributed by atoms with Crippen molar-refractivity contribution in [2.24, 2.45) is 0 Å². The third-order valence-electron chi connectivity index (χ3n) is 2.40. The van der Waals surface area contributed by atoms with Gasteiger partial charge in [-0.2, -0.15) is 0 Å². The molecule has 0 amide bonds. The molecule has 1 atom stereocenters. The largest absolute Gasteiger partial charge is 0.390 e. The number of rotatable bonds is 7. The van der Waals surface area contributed by atoms with Gasteiger partial charge in [0.25, 0.3) is 0 Å². The highest BCUT2D eigenvalue weighted by Crippen LogP contribution is 2.08. The smallest absolute Gasteiger partial charge is 0.0836 e. The van der Waals surface area contributed by atoms with Crippen molar-refractivity contribution in [3.8, 4) is 0 Å². The zero-order valence-corrected chi connectivity index (χ0v) is 10.2. The Balaban J connectivity index is 2.20. The summed E-state index contributed by atoms with van der Waals surface area (Å²) in [6.07, 6.45) is 0.755. The minimum Gasteiger partial charge on any atom is -0.390 e. The van der Waals surface area contributed by atoms with Gasteiger partial charge in [0.2, 0.25) is 0 Å². The van der Waals surface area contributed by atoms with Gasteiger partial charge in [0.05, 0.1) is 6.10 Å². The molecule has 3 nitrogen and oxygen atoms in total. The van der Waals surface area contributed by atoms with Crippen molar-refractivity contribution in [2.75, 3.05) is 25.0 Å². The van der Waals surface area contributed by atoms with Gasteiger partial charge in [0, 0.05) is 18.8 Å². The van der Waals surface area contributed by atoms with Crippen LogP contribution in [0.15, 0.2) is 24.3 Å². The van der Waals surface area contributed by atoms with Crippen LogP contribution in [0.3, 0.4) is 0 Å². The molecule has 0 aromatic heterocycles. The molecule has 0 saturated heterocycles. The first kappa shape index (κ1) is 13.0. The summed E-state index contributed by atoms with van der Waals surface area (Å²) in [6.45, 7) is 6.37. The molecule has 3 heteroatoms. The molecule has 90 valence electrons. The maximum Gasteiger partial charge on any atom is 0.0836 e. The van der Waals surface area contributed by atoms with E-state index < -0.39 is 0 Å². The highest BCUT2D eigenvalue weighted by atomic mass is 16.3. The summed E-state index contributed by atoms with van der Waals surface area (Å²) in [5, 5.41) is 16.1. The lowest BCUT2D eigenvalue weighted by Gasteiger charge is -2.13. The molecule has 0 radical (unpaired) electrons. The van der Waals surface area contributed by atoms with Gasteiger partial charge >= 0.3 is 0 Å². The van der Waals surface area contributed by atoms with Gasteiger partial charge in [-0.25, -0.2) is 0 Å². The van der Waals surface area contributed by atoms with E-state index in [-0.39, 0.29) is 6.10 Å². The summed E-state index contributed by atoms with van der Waals surface area (Å²) in [4.78, 5) is 0. The molecule has 3 N–H and O–H groups in total. The van der Waals surface area contributed by atoms with E-state index in [1.807, 2.05) is 12.1 Å². The van der Waals surface area contributed by atoms with Gasteiger partial charge in [0.15, 0.2) is 0 Å². The molecule has 1 aromatic rings. The molecular formula is C13H22N2O. The minimum atomic E-state index is -0.340. The van der Waals surface area contributed by atoms with Crippen molar-refractivity contribution in [1.82, 2.24) is 5.32 Å². The van der Waals surface area contributed by atoms with Crippen molar-refractivity contribution >= 4 is 5.69 Å². The van der Waals surface area contributed by atoms with Gasteiger partial charge < -0.3 is 15.7 Å². The summed E-state index contributed by atoms with van der Waals surface area (Å²) in [5.74, 6) is 0. The third-order valence-corrected chi connectivity index (χ3v) is 2.40. The van der Waals surface area contributed by atoms with Crippen molar-refractivity contribution in [3.05, 3.63) is 29.8 Å². The molecule has 16 heavy (non-hydrogen) atoms. The molecule has 1 unspecified atom stereocenters. The highest BCUT2D eigenvalue weighted by Gasteiger charge is 2.02. The van der Waals surface area contributed by atoms with Crippen LogP contribution in [0.1, 0.15) is 18.9 Å². The average molecular weight is 222 g/mol. The predicted octanol–water partition coefficient (Wildman–Crippen LogP) is 1.77. The lowest BCUT2D eigenvalue weighted by molar-refractivity contribution is 0.184. The van der Waals surface area contributed by atoms with E-state index in [4.69, 9.17) is 0 Å². The lowest BCUT2D eigenvalue weighted by Crippen LogP contribution is -2.32. The van der Waals surface area contributed by atoms with Crippen molar-refractivity contribution in [3.63, 3.8) is 0 Å². The summed E-state index contributed by atoms with van der Waals surface area (Å²) < 4.78 is 0. The van der Waals surface area contributed by atoms with Crippen LogP contribution in [-0.2, 0) is 0 Å². The SMILES string of the molecule is CCCNCC(O)CNc1ccc(C)cc1. The van der Waals surface area contributed by atoms with Crippen LogP contribution in [0.25, 0.3) is 0 Å². The van der Waals surface area contributed by atoms with Crippen LogP contribution < -0.4 is 10.6 Å². The first-order chi connectivity index (χ1) is 7.72. The maximum absolute atomic E-state index is 9.67. The van der Waals surface area contributed by atoms with Gasteiger partial charge in [-0.05, 0) is 32.0 Å². The van der Waals surface area contributed by atoms with E-state index in [9.17, 15) is 5.11 Å². The second-order valence-corrected chi connectivity index (χ2v) is 4.10. The Hall–Kier alpha value is -1.06. The molecule has 0 aliphatic heterocycles. The second kappa shape index (κ2) is 7.25. The lowest BCUT2D eigenvalue weighted by atomic mass is 10.2. The number of aliphatic hydroxyl groups is 1. The number of nitrogens with one attached hydrogen (secondary N) is 2. The fraction of sp³-hybridized carbons (Fsp3) is 0.538. The van der Waals surface area contributed by atoms with E-state index in [0.29, 0.717) is 13.1 Å². The Kier molecular flexibility index (Phi) is 5.90. The first-order valence-corrected chi connectivity index (χ1v) is 5.91. The van der Waals surface area contributed by atoms with Crippen LogP contribution in [0, 0.1) is 6.92 Å². The Morgan fingerprint density at radius 1 is 1.19 bits per heavy atom. The van der Waals surface area contributed by atoms with Crippen molar-refractivity contribution in [2.45, 2.75) is 26.4 Å². The summed E-state index contributed by atoms with van der Waals surface area (Å²) >= 11 is 0. The number of benzene rings is 1. The van der Waals surface area contributed by atoms with Gasteiger partial charge in [-0.15, -0.1) is 0 Å². The van der Waals surface area contributed by atoms with Crippen LogP contribution in [0.2, 0.25) is 0 Å². The average Bonchev–Trinajstić information content (AvgIpc) is 2.29. The van der Waals surface area contributed by atoms with Gasteiger partial charge in [0.1, 0.15) is 0 Å². The number of aliphatic hydroxyl groups excluding tert-OH is 1. The molecule has 0 spiro atoms. The third kappa shape index (κ3) is 5.14. The van der Waals surface area contributed by atoms with Crippen LogP contribution in [0.5, 0.6) is 0 Å². The number of aryl methyl sites for hydroxylation is 1. The molecule has 0 fully saturated rings. The Bertz CT molecular complexity index is 284. The zero-order valence-electron chi connectivity index (χ0n) is 10.2. The maximum atomic E-state index is 9.67. The van der Waals surface area contributed by atoms with Crippen molar-refractivity contribution in [1.29, 1.82) is 0 Å².